The highest BCUT2D eigenvalue weighted by Crippen LogP contribution is 2.18. The van der Waals surface area contributed by atoms with E-state index in [-0.39, 0.29) is 24.0 Å². The molecule has 1 aromatic carbocycles. The van der Waals surface area contributed by atoms with Crippen LogP contribution in [0.2, 0.25) is 0 Å². The van der Waals surface area contributed by atoms with Crippen molar-refractivity contribution in [3.8, 4) is 0 Å². The smallest absolute Gasteiger partial charge is 0.191 e. The van der Waals surface area contributed by atoms with Crippen LogP contribution in [0.4, 0.5) is 5.13 Å². The molecule has 4 rings (SSSR count). The van der Waals surface area contributed by atoms with Crippen LogP contribution in [0, 0.1) is 0 Å². The minimum atomic E-state index is 0. The highest BCUT2D eigenvalue weighted by atomic mass is 127. The molecule has 0 bridgehead atoms. The molecule has 1 fully saturated rings. The van der Waals surface area contributed by atoms with E-state index in [0.717, 1.165) is 43.4 Å². The number of benzene rings is 1. The summed E-state index contributed by atoms with van der Waals surface area (Å²) in [5.74, 6) is 0.619. The van der Waals surface area contributed by atoms with Gasteiger partial charge in [0.2, 0.25) is 0 Å². The SMILES string of the molecule is I.NC(=NCc1cccc(Cn2ccnc2)c1)N1CCN(c2nccs2)CC1. The van der Waals surface area contributed by atoms with E-state index in [1.807, 2.05) is 24.1 Å². The summed E-state index contributed by atoms with van der Waals surface area (Å²) in [6.45, 7) is 4.99. The Balaban J connectivity index is 0.00000225. The predicted molar refractivity (Wildman–Crippen MR) is 124 cm³/mol. The fourth-order valence-corrected chi connectivity index (χ4v) is 3.89. The zero-order chi connectivity index (χ0) is 18.5. The van der Waals surface area contributed by atoms with Gasteiger partial charge in [-0.1, -0.05) is 24.3 Å². The number of hydrogen-bond acceptors (Lipinski definition) is 5. The predicted octanol–water partition coefficient (Wildman–Crippen LogP) is 2.64. The lowest BCUT2D eigenvalue weighted by atomic mass is 10.1. The Morgan fingerprint density at radius 3 is 2.68 bits per heavy atom. The quantitative estimate of drug-likeness (QED) is 0.325. The number of halogens is 1. The van der Waals surface area contributed by atoms with Gasteiger partial charge in [-0.15, -0.1) is 35.3 Å². The van der Waals surface area contributed by atoms with E-state index in [4.69, 9.17) is 5.73 Å². The van der Waals surface area contributed by atoms with Gasteiger partial charge in [0.1, 0.15) is 0 Å². The van der Waals surface area contributed by atoms with Crippen molar-refractivity contribution in [2.75, 3.05) is 31.1 Å². The van der Waals surface area contributed by atoms with Crippen LogP contribution < -0.4 is 10.6 Å². The van der Waals surface area contributed by atoms with Gasteiger partial charge in [0.25, 0.3) is 0 Å². The maximum Gasteiger partial charge on any atom is 0.191 e. The number of anilines is 1. The molecule has 0 unspecified atom stereocenters. The average molecular weight is 509 g/mol. The van der Waals surface area contributed by atoms with E-state index < -0.39 is 0 Å². The summed E-state index contributed by atoms with van der Waals surface area (Å²) in [5.41, 5.74) is 8.64. The molecule has 1 aliphatic rings. The molecule has 3 aromatic rings. The van der Waals surface area contributed by atoms with Gasteiger partial charge in [0.15, 0.2) is 11.1 Å². The van der Waals surface area contributed by atoms with Crippen molar-refractivity contribution in [3.05, 3.63) is 65.7 Å². The maximum absolute atomic E-state index is 6.24. The summed E-state index contributed by atoms with van der Waals surface area (Å²) in [6.07, 6.45) is 7.44. The fourth-order valence-electron chi connectivity index (χ4n) is 3.19. The zero-order valence-corrected chi connectivity index (χ0v) is 18.7. The van der Waals surface area contributed by atoms with E-state index in [0.29, 0.717) is 12.5 Å². The Bertz CT molecular complexity index is 872. The van der Waals surface area contributed by atoms with Gasteiger partial charge >= 0.3 is 0 Å². The van der Waals surface area contributed by atoms with Gasteiger partial charge < -0.3 is 20.1 Å². The Labute approximate surface area is 185 Å². The lowest BCUT2D eigenvalue weighted by molar-refractivity contribution is 0.380. The molecular formula is C19H24IN7S. The third kappa shape index (κ3) is 5.22. The monoisotopic (exact) mass is 509 g/mol. The van der Waals surface area contributed by atoms with Crippen molar-refractivity contribution in [1.29, 1.82) is 0 Å². The molecular weight excluding hydrogens is 485 g/mol. The first-order valence-corrected chi connectivity index (χ1v) is 9.89. The number of aliphatic imine (C=N–C) groups is 1. The second-order valence-corrected chi connectivity index (χ2v) is 7.39. The molecule has 7 nitrogen and oxygen atoms in total. The van der Waals surface area contributed by atoms with Gasteiger partial charge in [-0.25, -0.2) is 15.0 Å². The third-order valence-corrected chi connectivity index (χ3v) is 5.47. The number of nitrogens with zero attached hydrogens (tertiary/aromatic N) is 6. The highest BCUT2D eigenvalue weighted by Gasteiger charge is 2.19. The van der Waals surface area contributed by atoms with Gasteiger partial charge in [0, 0.05) is 56.7 Å². The lowest BCUT2D eigenvalue weighted by Crippen LogP contribution is -2.51. The molecule has 0 spiro atoms. The number of imidazole rings is 1. The minimum Gasteiger partial charge on any atom is -0.370 e. The first-order valence-electron chi connectivity index (χ1n) is 9.01. The normalized spacial score (nSPS) is 14.8. The number of guanidine groups is 1. The molecule has 9 heteroatoms. The molecule has 0 aliphatic carbocycles. The number of rotatable bonds is 5. The van der Waals surface area contributed by atoms with Crippen LogP contribution in [-0.2, 0) is 13.1 Å². The average Bonchev–Trinajstić information content (AvgIpc) is 3.41. The van der Waals surface area contributed by atoms with E-state index in [9.17, 15) is 0 Å². The molecule has 1 saturated heterocycles. The Kier molecular flexibility index (Phi) is 7.26. The van der Waals surface area contributed by atoms with Crippen LogP contribution in [0.5, 0.6) is 0 Å². The Morgan fingerprint density at radius 2 is 1.96 bits per heavy atom. The fraction of sp³-hybridized carbons (Fsp3) is 0.316. The van der Waals surface area contributed by atoms with Crippen molar-refractivity contribution in [2.45, 2.75) is 13.1 Å². The molecule has 0 radical (unpaired) electrons. The molecule has 1 aliphatic heterocycles. The molecule has 2 aromatic heterocycles. The van der Waals surface area contributed by atoms with Gasteiger partial charge in [-0.05, 0) is 11.1 Å². The molecule has 3 heterocycles. The zero-order valence-electron chi connectivity index (χ0n) is 15.5. The largest absolute Gasteiger partial charge is 0.370 e. The highest BCUT2D eigenvalue weighted by molar-refractivity contribution is 14.0. The summed E-state index contributed by atoms with van der Waals surface area (Å²) in [5, 5.41) is 3.10. The van der Waals surface area contributed by atoms with Crippen molar-refractivity contribution >= 4 is 46.4 Å². The first kappa shape index (κ1) is 20.6. The number of aromatic nitrogens is 3. The number of piperazine rings is 1. The number of nitrogens with two attached hydrogens (primary N) is 1. The summed E-state index contributed by atoms with van der Waals surface area (Å²) < 4.78 is 2.05. The molecule has 0 atom stereocenters. The van der Waals surface area contributed by atoms with Crippen LogP contribution >= 0.6 is 35.3 Å². The summed E-state index contributed by atoms with van der Waals surface area (Å²) in [6, 6.07) is 8.46. The lowest BCUT2D eigenvalue weighted by Gasteiger charge is -2.35. The molecule has 0 amide bonds. The van der Waals surface area contributed by atoms with Gasteiger partial charge in [-0.2, -0.15) is 0 Å². The second-order valence-electron chi connectivity index (χ2n) is 6.52. The Morgan fingerprint density at radius 1 is 1.14 bits per heavy atom. The van der Waals surface area contributed by atoms with Crippen LogP contribution in [-0.4, -0.2) is 51.6 Å². The van der Waals surface area contributed by atoms with E-state index in [1.165, 1.54) is 5.56 Å². The van der Waals surface area contributed by atoms with Crippen LogP contribution in [0.1, 0.15) is 11.1 Å². The number of hydrogen-bond donors (Lipinski definition) is 1. The first-order chi connectivity index (χ1) is 13.3. The van der Waals surface area contributed by atoms with Gasteiger partial charge in [0.05, 0.1) is 12.9 Å². The molecule has 2 N–H and O–H groups in total. The minimum absolute atomic E-state index is 0. The summed E-state index contributed by atoms with van der Waals surface area (Å²) in [7, 11) is 0. The molecule has 28 heavy (non-hydrogen) atoms. The van der Waals surface area contributed by atoms with E-state index in [1.54, 1.807) is 17.5 Å². The van der Waals surface area contributed by atoms with E-state index >= 15 is 0 Å². The standard InChI is InChI=1S/C19H23N7S.HI/c20-18(25-7-9-26(10-8-25)19-22-5-11-27-19)23-13-16-2-1-3-17(12-16)14-24-6-4-21-15-24;/h1-6,11-12,15H,7-10,13-14H2,(H2,20,23);1H. The van der Waals surface area contributed by atoms with Crippen molar-refractivity contribution in [1.82, 2.24) is 19.4 Å². The van der Waals surface area contributed by atoms with Crippen LogP contribution in [0.15, 0.2) is 59.6 Å². The van der Waals surface area contributed by atoms with Crippen LogP contribution in [0.25, 0.3) is 0 Å². The topological polar surface area (TPSA) is 75.6 Å². The van der Waals surface area contributed by atoms with Gasteiger partial charge in [-0.3, -0.25) is 0 Å². The Hall–Kier alpha value is -2.14. The molecule has 0 saturated carbocycles. The van der Waals surface area contributed by atoms with E-state index in [2.05, 4.69) is 53.6 Å². The van der Waals surface area contributed by atoms with Crippen molar-refractivity contribution in [2.24, 2.45) is 10.7 Å². The third-order valence-electron chi connectivity index (χ3n) is 4.63. The molecule has 148 valence electrons. The van der Waals surface area contributed by atoms with Crippen molar-refractivity contribution < 1.29 is 0 Å². The maximum atomic E-state index is 6.24. The summed E-state index contributed by atoms with van der Waals surface area (Å²) >= 11 is 1.68. The summed E-state index contributed by atoms with van der Waals surface area (Å²) in [4.78, 5) is 17.5. The second kappa shape index (κ2) is 9.87. The number of thiazole rings is 1. The van der Waals surface area contributed by atoms with Crippen molar-refractivity contribution in [3.63, 3.8) is 0 Å². The van der Waals surface area contributed by atoms with Crippen LogP contribution in [0.3, 0.4) is 0 Å².